The first kappa shape index (κ1) is 17.0. The van der Waals surface area contributed by atoms with Gasteiger partial charge in [-0.25, -0.2) is 0 Å². The van der Waals surface area contributed by atoms with E-state index in [0.29, 0.717) is 19.0 Å². The highest BCUT2D eigenvalue weighted by atomic mass is 16.3. The van der Waals surface area contributed by atoms with E-state index in [1.165, 1.54) is 37.9 Å². The molecule has 2 heterocycles. The summed E-state index contributed by atoms with van der Waals surface area (Å²) in [6, 6.07) is 8.09. The minimum atomic E-state index is -0.677. The van der Waals surface area contributed by atoms with Gasteiger partial charge in [-0.05, 0) is 62.4 Å². The Morgan fingerprint density at radius 2 is 1.84 bits per heavy atom. The summed E-state index contributed by atoms with van der Waals surface area (Å²) >= 11 is 0. The van der Waals surface area contributed by atoms with Gasteiger partial charge in [0.2, 0.25) is 0 Å². The van der Waals surface area contributed by atoms with Gasteiger partial charge in [-0.15, -0.1) is 0 Å². The van der Waals surface area contributed by atoms with Gasteiger partial charge in [0.1, 0.15) is 0 Å². The van der Waals surface area contributed by atoms with Gasteiger partial charge in [0.25, 0.3) is 5.91 Å². The maximum atomic E-state index is 12.9. The number of aliphatic hydroxyl groups is 1. The van der Waals surface area contributed by atoms with E-state index in [2.05, 4.69) is 24.0 Å². The molecule has 0 aromatic heterocycles. The lowest BCUT2D eigenvalue weighted by Gasteiger charge is -2.41. The number of benzene rings is 1. The summed E-state index contributed by atoms with van der Waals surface area (Å²) in [5.74, 6) is 0.606. The highest BCUT2D eigenvalue weighted by Crippen LogP contribution is 2.44. The van der Waals surface area contributed by atoms with Crippen LogP contribution in [0.5, 0.6) is 0 Å². The topological polar surface area (TPSA) is 43.8 Å². The maximum absolute atomic E-state index is 12.9. The predicted octanol–water partition coefficient (Wildman–Crippen LogP) is 2.91. The van der Waals surface area contributed by atoms with Crippen molar-refractivity contribution in [3.63, 3.8) is 0 Å². The molecule has 1 saturated carbocycles. The molecule has 4 nitrogen and oxygen atoms in total. The van der Waals surface area contributed by atoms with Gasteiger partial charge in [0.15, 0.2) is 0 Å². The molecule has 2 atom stereocenters. The minimum Gasteiger partial charge on any atom is -0.387 e. The molecule has 0 unspecified atom stereocenters. The van der Waals surface area contributed by atoms with Crippen LogP contribution in [0.2, 0.25) is 0 Å². The van der Waals surface area contributed by atoms with Gasteiger partial charge < -0.3 is 10.0 Å². The number of rotatable bonds is 4. The van der Waals surface area contributed by atoms with Crippen molar-refractivity contribution in [2.75, 3.05) is 26.2 Å². The van der Waals surface area contributed by atoms with Crippen molar-refractivity contribution in [1.29, 1.82) is 0 Å². The van der Waals surface area contributed by atoms with Crippen molar-refractivity contribution in [2.24, 2.45) is 11.8 Å². The fourth-order valence-corrected chi connectivity index (χ4v) is 4.74. The third-order valence-corrected chi connectivity index (χ3v) is 6.70. The van der Waals surface area contributed by atoms with Gasteiger partial charge in [-0.1, -0.05) is 25.5 Å². The van der Waals surface area contributed by atoms with Crippen LogP contribution in [-0.4, -0.2) is 52.6 Å². The van der Waals surface area contributed by atoms with E-state index in [-0.39, 0.29) is 11.8 Å². The normalized spacial score (nSPS) is 30.6. The standard InChI is InChI=1S/C21H30N2O2/c1-16-13-23(15-21(16,25)19-5-4-6-19)20(24)18-9-7-17(8-10-18)14-22-11-2-3-12-22/h7-10,16,19,25H,2-6,11-15H2,1H3/t16-,21+/m1/s1. The molecule has 1 N–H and O–H groups in total. The number of hydrogen-bond donors (Lipinski definition) is 1. The molecule has 0 radical (unpaired) electrons. The second kappa shape index (κ2) is 6.73. The second-order valence-electron chi connectivity index (χ2n) is 8.39. The average molecular weight is 342 g/mol. The van der Waals surface area contributed by atoms with Crippen LogP contribution in [0.15, 0.2) is 24.3 Å². The summed E-state index contributed by atoms with van der Waals surface area (Å²) in [7, 11) is 0. The van der Waals surface area contributed by atoms with Gasteiger partial charge >= 0.3 is 0 Å². The van der Waals surface area contributed by atoms with Crippen molar-refractivity contribution in [3.05, 3.63) is 35.4 Å². The van der Waals surface area contributed by atoms with Crippen LogP contribution in [-0.2, 0) is 6.54 Å². The molecular weight excluding hydrogens is 312 g/mol. The van der Waals surface area contributed by atoms with Crippen LogP contribution < -0.4 is 0 Å². The molecule has 1 amide bonds. The Bertz CT molecular complexity index is 619. The molecular formula is C21H30N2O2. The van der Waals surface area contributed by atoms with E-state index < -0.39 is 5.60 Å². The smallest absolute Gasteiger partial charge is 0.253 e. The van der Waals surface area contributed by atoms with Crippen molar-refractivity contribution in [1.82, 2.24) is 9.80 Å². The molecule has 4 heteroatoms. The zero-order valence-electron chi connectivity index (χ0n) is 15.3. The van der Waals surface area contributed by atoms with E-state index >= 15 is 0 Å². The van der Waals surface area contributed by atoms with Crippen molar-refractivity contribution in [2.45, 2.75) is 51.2 Å². The summed E-state index contributed by atoms with van der Waals surface area (Å²) in [4.78, 5) is 17.2. The summed E-state index contributed by atoms with van der Waals surface area (Å²) in [6.45, 7) is 6.61. The molecule has 0 bridgehead atoms. The predicted molar refractivity (Wildman–Crippen MR) is 98.3 cm³/mol. The fraction of sp³-hybridized carbons (Fsp3) is 0.667. The first-order valence-electron chi connectivity index (χ1n) is 9.89. The first-order valence-corrected chi connectivity index (χ1v) is 9.89. The first-order chi connectivity index (χ1) is 12.1. The molecule has 3 aliphatic rings. The van der Waals surface area contributed by atoms with Crippen LogP contribution >= 0.6 is 0 Å². The molecule has 0 spiro atoms. The Morgan fingerprint density at radius 3 is 2.44 bits per heavy atom. The molecule has 2 aliphatic heterocycles. The third kappa shape index (κ3) is 3.22. The SMILES string of the molecule is C[C@@H]1CN(C(=O)c2ccc(CN3CCCC3)cc2)C[C@@]1(O)C1CCC1. The van der Waals surface area contributed by atoms with Crippen LogP contribution in [0, 0.1) is 11.8 Å². The maximum Gasteiger partial charge on any atom is 0.253 e. The molecule has 1 aromatic rings. The van der Waals surface area contributed by atoms with Crippen LogP contribution in [0.1, 0.15) is 54.9 Å². The second-order valence-corrected chi connectivity index (χ2v) is 8.39. The molecule has 3 fully saturated rings. The van der Waals surface area contributed by atoms with Crippen molar-refractivity contribution < 1.29 is 9.90 Å². The van der Waals surface area contributed by atoms with E-state index in [1.807, 2.05) is 17.0 Å². The number of nitrogens with zero attached hydrogens (tertiary/aromatic N) is 2. The molecule has 4 rings (SSSR count). The Morgan fingerprint density at radius 1 is 1.16 bits per heavy atom. The van der Waals surface area contributed by atoms with Crippen molar-refractivity contribution >= 4 is 5.91 Å². The number of carbonyl (C=O) groups excluding carboxylic acids is 1. The largest absolute Gasteiger partial charge is 0.387 e. The molecule has 25 heavy (non-hydrogen) atoms. The fourth-order valence-electron chi connectivity index (χ4n) is 4.74. The zero-order chi connectivity index (χ0) is 17.4. The van der Waals surface area contributed by atoms with E-state index in [0.717, 1.165) is 24.9 Å². The monoisotopic (exact) mass is 342 g/mol. The summed E-state index contributed by atoms with van der Waals surface area (Å²) in [5.41, 5.74) is 1.35. The summed E-state index contributed by atoms with van der Waals surface area (Å²) < 4.78 is 0. The number of likely N-dealkylation sites (tertiary alicyclic amines) is 2. The lowest BCUT2D eigenvalue weighted by Crippen LogP contribution is -2.48. The van der Waals surface area contributed by atoms with Gasteiger partial charge in [-0.3, -0.25) is 9.69 Å². The highest BCUT2D eigenvalue weighted by molar-refractivity contribution is 5.94. The van der Waals surface area contributed by atoms with Crippen LogP contribution in [0.4, 0.5) is 0 Å². The van der Waals surface area contributed by atoms with Gasteiger partial charge in [0, 0.05) is 24.6 Å². The minimum absolute atomic E-state index is 0.0646. The van der Waals surface area contributed by atoms with E-state index in [4.69, 9.17) is 0 Å². The zero-order valence-corrected chi connectivity index (χ0v) is 15.3. The quantitative estimate of drug-likeness (QED) is 0.915. The third-order valence-electron chi connectivity index (χ3n) is 6.70. The number of hydrogen-bond acceptors (Lipinski definition) is 3. The lowest BCUT2D eigenvalue weighted by atomic mass is 9.69. The summed E-state index contributed by atoms with van der Waals surface area (Å²) in [6.07, 6.45) is 6.02. The van der Waals surface area contributed by atoms with Crippen LogP contribution in [0.3, 0.4) is 0 Å². The molecule has 1 aromatic carbocycles. The number of carbonyl (C=O) groups is 1. The molecule has 1 aliphatic carbocycles. The number of amides is 1. The Balaban J connectivity index is 1.40. The van der Waals surface area contributed by atoms with Gasteiger partial charge in [-0.2, -0.15) is 0 Å². The Kier molecular flexibility index (Phi) is 4.59. The Hall–Kier alpha value is -1.39. The van der Waals surface area contributed by atoms with Crippen LogP contribution in [0.25, 0.3) is 0 Å². The molecule has 2 saturated heterocycles. The average Bonchev–Trinajstić information content (AvgIpc) is 3.15. The van der Waals surface area contributed by atoms with Crippen molar-refractivity contribution in [3.8, 4) is 0 Å². The van der Waals surface area contributed by atoms with E-state index in [9.17, 15) is 9.90 Å². The van der Waals surface area contributed by atoms with Gasteiger partial charge in [0.05, 0.1) is 12.1 Å². The lowest BCUT2D eigenvalue weighted by molar-refractivity contribution is -0.0660. The van der Waals surface area contributed by atoms with E-state index in [1.54, 1.807) is 0 Å². The summed E-state index contributed by atoms with van der Waals surface area (Å²) in [5, 5.41) is 11.0. The highest BCUT2D eigenvalue weighted by Gasteiger charge is 2.51. The number of β-amino-alcohol motifs (C(OH)–C–C–N with tert-alkyl or cyclic N) is 1. The Labute approximate surface area is 150 Å². The molecule has 136 valence electrons.